The summed E-state index contributed by atoms with van der Waals surface area (Å²) in [6, 6.07) is 14.2. The van der Waals surface area contributed by atoms with Crippen LogP contribution in [-0.2, 0) is 6.18 Å². The van der Waals surface area contributed by atoms with Gasteiger partial charge in [-0.25, -0.2) is 0 Å². The molecule has 0 saturated heterocycles. The van der Waals surface area contributed by atoms with Gasteiger partial charge in [-0.1, -0.05) is 6.07 Å². The van der Waals surface area contributed by atoms with Gasteiger partial charge in [-0.05, 0) is 54.6 Å². The summed E-state index contributed by atoms with van der Waals surface area (Å²) in [6.45, 7) is 0. The molecule has 2 N–H and O–H groups in total. The lowest BCUT2D eigenvalue weighted by molar-refractivity contribution is -0.137. The van der Waals surface area contributed by atoms with Crippen LogP contribution in [0.4, 0.5) is 13.2 Å². The highest BCUT2D eigenvalue weighted by atomic mass is 19.4. The highest BCUT2D eigenvalue weighted by molar-refractivity contribution is 5.98. The topological polar surface area (TPSA) is 65.2 Å². The van der Waals surface area contributed by atoms with E-state index in [4.69, 9.17) is 10.5 Å². The van der Waals surface area contributed by atoms with E-state index in [-0.39, 0.29) is 11.3 Å². The monoisotopic (exact) mass is 358 g/mol. The highest BCUT2D eigenvalue weighted by Crippen LogP contribution is 2.33. The van der Waals surface area contributed by atoms with Gasteiger partial charge in [0.05, 0.1) is 16.8 Å². The van der Waals surface area contributed by atoms with Crippen LogP contribution in [0.5, 0.6) is 11.5 Å². The average molecular weight is 358 g/mol. The first-order chi connectivity index (χ1) is 12.3. The smallest absolute Gasteiger partial charge is 0.416 e. The number of ether oxygens (including phenoxy) is 1. The molecule has 0 spiro atoms. The molecule has 1 aromatic heterocycles. The molecule has 0 aliphatic rings. The van der Waals surface area contributed by atoms with Crippen molar-refractivity contribution < 1.29 is 22.7 Å². The Bertz CT molecular complexity index is 938. The minimum atomic E-state index is -4.44. The first-order valence-corrected chi connectivity index (χ1v) is 7.55. The first kappa shape index (κ1) is 17.5. The second-order valence-electron chi connectivity index (χ2n) is 5.42. The summed E-state index contributed by atoms with van der Waals surface area (Å²) < 4.78 is 43.7. The number of primary amides is 1. The molecule has 3 aromatic rings. The van der Waals surface area contributed by atoms with Crippen molar-refractivity contribution in [3.63, 3.8) is 0 Å². The van der Waals surface area contributed by atoms with Gasteiger partial charge < -0.3 is 10.5 Å². The molecule has 3 rings (SSSR count). The lowest BCUT2D eigenvalue weighted by Gasteiger charge is -2.11. The van der Waals surface area contributed by atoms with Crippen molar-refractivity contribution in [2.24, 2.45) is 5.73 Å². The Balaban J connectivity index is 1.84. The molecule has 0 saturated carbocycles. The van der Waals surface area contributed by atoms with Crippen LogP contribution in [0.2, 0.25) is 0 Å². The molecule has 0 bridgehead atoms. The zero-order valence-electron chi connectivity index (χ0n) is 13.3. The SMILES string of the molecule is NC(=O)c1cccnc1-c1ccc(Oc2cccc(C(F)(F)F)c2)cc1. The van der Waals surface area contributed by atoms with Gasteiger partial charge in [0.15, 0.2) is 0 Å². The molecule has 2 aromatic carbocycles. The van der Waals surface area contributed by atoms with Crippen LogP contribution in [0.15, 0.2) is 66.9 Å². The van der Waals surface area contributed by atoms with Gasteiger partial charge >= 0.3 is 6.18 Å². The third kappa shape index (κ3) is 3.83. The fourth-order valence-corrected chi connectivity index (χ4v) is 2.39. The summed E-state index contributed by atoms with van der Waals surface area (Å²) in [5, 5.41) is 0. The molecule has 0 aliphatic carbocycles. The minimum absolute atomic E-state index is 0.0724. The summed E-state index contributed by atoms with van der Waals surface area (Å²) in [7, 11) is 0. The molecule has 0 fully saturated rings. The van der Waals surface area contributed by atoms with E-state index in [2.05, 4.69) is 4.98 Å². The van der Waals surface area contributed by atoms with Crippen molar-refractivity contribution in [1.29, 1.82) is 0 Å². The molecule has 0 radical (unpaired) electrons. The van der Waals surface area contributed by atoms with Crippen LogP contribution in [-0.4, -0.2) is 10.9 Å². The number of halogens is 3. The number of carbonyl (C=O) groups is 1. The predicted octanol–water partition coefficient (Wildman–Crippen LogP) is 4.66. The summed E-state index contributed by atoms with van der Waals surface area (Å²) in [4.78, 5) is 15.6. The number of hydrogen-bond donors (Lipinski definition) is 1. The lowest BCUT2D eigenvalue weighted by Crippen LogP contribution is -2.12. The summed E-state index contributed by atoms with van der Waals surface area (Å²) >= 11 is 0. The number of amides is 1. The third-order valence-electron chi connectivity index (χ3n) is 3.60. The van der Waals surface area contributed by atoms with Gasteiger partial charge in [0.1, 0.15) is 11.5 Å². The fourth-order valence-electron chi connectivity index (χ4n) is 2.39. The van der Waals surface area contributed by atoms with Crippen molar-refractivity contribution in [3.8, 4) is 22.8 Å². The van der Waals surface area contributed by atoms with Crippen LogP contribution in [0.25, 0.3) is 11.3 Å². The maximum absolute atomic E-state index is 12.8. The molecular weight excluding hydrogens is 345 g/mol. The minimum Gasteiger partial charge on any atom is -0.457 e. The van der Waals surface area contributed by atoms with E-state index >= 15 is 0 Å². The van der Waals surface area contributed by atoms with E-state index in [0.29, 0.717) is 17.0 Å². The van der Waals surface area contributed by atoms with E-state index in [1.54, 1.807) is 36.4 Å². The van der Waals surface area contributed by atoms with Gasteiger partial charge in [0, 0.05) is 11.8 Å². The Morgan fingerprint density at radius 1 is 0.962 bits per heavy atom. The molecule has 4 nitrogen and oxygen atoms in total. The van der Waals surface area contributed by atoms with Crippen molar-refractivity contribution in [1.82, 2.24) is 4.98 Å². The standard InChI is InChI=1S/C19H13F3N2O2/c20-19(21,22)13-3-1-4-15(11-13)26-14-8-6-12(7-9-14)17-16(18(23)25)5-2-10-24-17/h1-11H,(H2,23,25). The van der Waals surface area contributed by atoms with Crippen LogP contribution in [0.1, 0.15) is 15.9 Å². The number of carbonyl (C=O) groups excluding carboxylic acids is 1. The maximum Gasteiger partial charge on any atom is 0.416 e. The maximum atomic E-state index is 12.8. The van der Waals surface area contributed by atoms with Crippen molar-refractivity contribution in [2.75, 3.05) is 0 Å². The lowest BCUT2D eigenvalue weighted by atomic mass is 10.1. The predicted molar refractivity (Wildman–Crippen MR) is 89.7 cm³/mol. The van der Waals surface area contributed by atoms with Crippen LogP contribution < -0.4 is 10.5 Å². The van der Waals surface area contributed by atoms with E-state index in [0.717, 1.165) is 12.1 Å². The second kappa shape index (κ2) is 6.87. The molecular formula is C19H13F3N2O2. The summed E-state index contributed by atoms with van der Waals surface area (Å²) in [5.41, 5.74) is 5.89. The number of alkyl halides is 3. The molecule has 0 aliphatic heterocycles. The highest BCUT2D eigenvalue weighted by Gasteiger charge is 2.30. The number of pyridine rings is 1. The average Bonchev–Trinajstić information content (AvgIpc) is 2.62. The molecule has 7 heteroatoms. The molecule has 26 heavy (non-hydrogen) atoms. The molecule has 1 heterocycles. The summed E-state index contributed by atoms with van der Waals surface area (Å²) in [6.07, 6.45) is -2.90. The number of nitrogens with zero attached hydrogens (tertiary/aromatic N) is 1. The van der Waals surface area contributed by atoms with E-state index < -0.39 is 17.6 Å². The molecule has 132 valence electrons. The van der Waals surface area contributed by atoms with Crippen LogP contribution in [0, 0.1) is 0 Å². The number of benzene rings is 2. The van der Waals surface area contributed by atoms with Crippen LogP contribution >= 0.6 is 0 Å². The molecule has 0 atom stereocenters. The Morgan fingerprint density at radius 2 is 1.69 bits per heavy atom. The Morgan fingerprint density at radius 3 is 2.35 bits per heavy atom. The van der Waals surface area contributed by atoms with Crippen molar-refractivity contribution in [2.45, 2.75) is 6.18 Å². The van der Waals surface area contributed by atoms with Gasteiger partial charge in [-0.15, -0.1) is 0 Å². The zero-order valence-corrected chi connectivity index (χ0v) is 13.3. The van der Waals surface area contributed by atoms with Gasteiger partial charge in [0.25, 0.3) is 5.91 Å². The number of aromatic nitrogens is 1. The summed E-state index contributed by atoms with van der Waals surface area (Å²) in [5.74, 6) is -0.176. The Kier molecular flexibility index (Phi) is 4.62. The van der Waals surface area contributed by atoms with Gasteiger partial charge in [-0.3, -0.25) is 9.78 Å². The van der Waals surface area contributed by atoms with E-state index in [1.165, 1.54) is 18.3 Å². The Labute approximate surface area is 147 Å². The fraction of sp³-hybridized carbons (Fsp3) is 0.0526. The number of rotatable bonds is 4. The van der Waals surface area contributed by atoms with Gasteiger partial charge in [-0.2, -0.15) is 13.2 Å². The van der Waals surface area contributed by atoms with E-state index in [9.17, 15) is 18.0 Å². The molecule has 0 unspecified atom stereocenters. The second-order valence-corrected chi connectivity index (χ2v) is 5.42. The van der Waals surface area contributed by atoms with Crippen molar-refractivity contribution in [3.05, 3.63) is 78.0 Å². The van der Waals surface area contributed by atoms with E-state index in [1.807, 2.05) is 0 Å². The third-order valence-corrected chi connectivity index (χ3v) is 3.60. The number of nitrogens with two attached hydrogens (primary N) is 1. The van der Waals surface area contributed by atoms with Crippen molar-refractivity contribution >= 4 is 5.91 Å². The number of hydrogen-bond acceptors (Lipinski definition) is 3. The normalized spacial score (nSPS) is 11.2. The first-order valence-electron chi connectivity index (χ1n) is 7.55. The van der Waals surface area contributed by atoms with Crippen LogP contribution in [0.3, 0.4) is 0 Å². The van der Waals surface area contributed by atoms with Gasteiger partial charge in [0.2, 0.25) is 0 Å². The quantitative estimate of drug-likeness (QED) is 0.738. The molecule has 1 amide bonds. The Hall–Kier alpha value is -3.35. The zero-order chi connectivity index (χ0) is 18.7. The largest absolute Gasteiger partial charge is 0.457 e.